The lowest BCUT2D eigenvalue weighted by Gasteiger charge is -2.29. The Labute approximate surface area is 124 Å². The fraction of sp³-hybridized carbons (Fsp3) is 0.462. The van der Waals surface area contributed by atoms with E-state index in [0.717, 1.165) is 12.1 Å². The van der Waals surface area contributed by atoms with Crippen LogP contribution in [0.15, 0.2) is 24.5 Å². The molecule has 1 aliphatic rings. The van der Waals surface area contributed by atoms with Crippen molar-refractivity contribution in [1.29, 1.82) is 0 Å². The first kappa shape index (κ1) is 16.4. The number of hydrogen-bond acceptors (Lipinski definition) is 4. The van der Waals surface area contributed by atoms with Gasteiger partial charge in [0, 0.05) is 39.1 Å². The summed E-state index contributed by atoms with van der Waals surface area (Å²) in [7, 11) is 1.75. The Morgan fingerprint density at radius 3 is 3.10 bits per heavy atom. The fourth-order valence-electron chi connectivity index (χ4n) is 1.99. The molecule has 1 aliphatic heterocycles. The molecule has 2 N–H and O–H groups in total. The van der Waals surface area contributed by atoms with Crippen LogP contribution in [-0.4, -0.2) is 47.9 Å². The number of pyridine rings is 1. The molecule has 0 aliphatic carbocycles. The van der Waals surface area contributed by atoms with Gasteiger partial charge in [-0.25, -0.2) is 0 Å². The third-order valence-electron chi connectivity index (χ3n) is 3.11. The van der Waals surface area contributed by atoms with Gasteiger partial charge in [0.05, 0.1) is 12.5 Å². The molecule has 0 saturated carbocycles. The Kier molecular flexibility index (Phi) is 6.41. The number of nitrogens with one attached hydrogen (secondary N) is 2. The first-order chi connectivity index (χ1) is 9.16. The lowest BCUT2D eigenvalue weighted by Crippen LogP contribution is -2.54. The Hall–Kier alpha value is -1.66. The normalized spacial score (nSPS) is 18.4. The molecule has 1 atom stereocenters. The summed E-state index contributed by atoms with van der Waals surface area (Å²) in [4.78, 5) is 29.2. The third-order valence-corrected chi connectivity index (χ3v) is 3.11. The number of carbonyl (C=O) groups excluding carboxylic acids is 2. The molecule has 110 valence electrons. The van der Waals surface area contributed by atoms with Crippen molar-refractivity contribution < 1.29 is 9.59 Å². The van der Waals surface area contributed by atoms with Crippen LogP contribution in [0.25, 0.3) is 0 Å². The summed E-state index contributed by atoms with van der Waals surface area (Å²) in [5.41, 5.74) is 0.941. The number of likely N-dealkylation sites (N-methyl/N-ethyl adjacent to an activating group) is 1. The summed E-state index contributed by atoms with van der Waals surface area (Å²) in [5, 5.41) is 5.86. The zero-order chi connectivity index (χ0) is 13.7. The van der Waals surface area contributed by atoms with Gasteiger partial charge in [0.25, 0.3) is 0 Å². The number of amides is 2. The third kappa shape index (κ3) is 4.47. The maximum Gasteiger partial charge on any atom is 0.240 e. The SMILES string of the molecule is CN1CCNC(CC(=O)NCc2cccnc2)C1=O.Cl. The summed E-state index contributed by atoms with van der Waals surface area (Å²) in [6, 6.07) is 3.31. The number of rotatable bonds is 4. The molecule has 0 bridgehead atoms. The van der Waals surface area contributed by atoms with Crippen molar-refractivity contribution in [3.63, 3.8) is 0 Å². The van der Waals surface area contributed by atoms with E-state index in [1.807, 2.05) is 12.1 Å². The van der Waals surface area contributed by atoms with E-state index in [-0.39, 0.29) is 30.6 Å². The topological polar surface area (TPSA) is 74.3 Å². The van der Waals surface area contributed by atoms with Crippen molar-refractivity contribution in [2.45, 2.75) is 19.0 Å². The lowest BCUT2D eigenvalue weighted by atomic mass is 10.1. The standard InChI is InChI=1S/C13H18N4O2.ClH/c1-17-6-5-15-11(13(17)19)7-12(18)16-9-10-3-2-4-14-8-10;/h2-4,8,11,15H,5-7,9H2,1H3,(H,16,18);1H. The van der Waals surface area contributed by atoms with E-state index >= 15 is 0 Å². The van der Waals surface area contributed by atoms with Gasteiger partial charge in [-0.05, 0) is 11.6 Å². The van der Waals surface area contributed by atoms with Gasteiger partial charge >= 0.3 is 0 Å². The van der Waals surface area contributed by atoms with Crippen molar-refractivity contribution in [1.82, 2.24) is 20.5 Å². The molecular formula is C13H19ClN4O2. The predicted octanol–water partition coefficient (Wildman–Crippen LogP) is -0.0601. The van der Waals surface area contributed by atoms with Gasteiger partial charge in [-0.2, -0.15) is 0 Å². The first-order valence-electron chi connectivity index (χ1n) is 6.31. The molecule has 2 rings (SSSR count). The molecule has 20 heavy (non-hydrogen) atoms. The molecule has 1 aromatic rings. The smallest absolute Gasteiger partial charge is 0.240 e. The minimum atomic E-state index is -0.410. The van der Waals surface area contributed by atoms with Crippen LogP contribution < -0.4 is 10.6 Å². The van der Waals surface area contributed by atoms with E-state index in [4.69, 9.17) is 0 Å². The second-order valence-corrected chi connectivity index (χ2v) is 4.61. The van der Waals surface area contributed by atoms with E-state index in [9.17, 15) is 9.59 Å². The van der Waals surface area contributed by atoms with Crippen LogP contribution in [0, 0.1) is 0 Å². The summed E-state index contributed by atoms with van der Waals surface area (Å²) >= 11 is 0. The van der Waals surface area contributed by atoms with Crippen molar-refractivity contribution in [2.24, 2.45) is 0 Å². The van der Waals surface area contributed by atoms with Gasteiger partial charge in [-0.3, -0.25) is 14.6 Å². The number of carbonyl (C=O) groups is 2. The molecule has 7 heteroatoms. The van der Waals surface area contributed by atoms with Crippen LogP contribution in [0.3, 0.4) is 0 Å². The van der Waals surface area contributed by atoms with Crippen LogP contribution in [0.5, 0.6) is 0 Å². The predicted molar refractivity (Wildman–Crippen MR) is 77.4 cm³/mol. The van der Waals surface area contributed by atoms with Crippen LogP contribution in [-0.2, 0) is 16.1 Å². The fourth-order valence-corrected chi connectivity index (χ4v) is 1.99. The minimum absolute atomic E-state index is 0. The van der Waals surface area contributed by atoms with Crippen LogP contribution in [0.1, 0.15) is 12.0 Å². The summed E-state index contributed by atoms with van der Waals surface area (Å²) < 4.78 is 0. The molecule has 1 fully saturated rings. The van der Waals surface area contributed by atoms with Gasteiger partial charge in [-0.15, -0.1) is 12.4 Å². The second kappa shape index (κ2) is 7.81. The highest BCUT2D eigenvalue weighted by atomic mass is 35.5. The Balaban J connectivity index is 0.00000200. The molecule has 1 saturated heterocycles. The minimum Gasteiger partial charge on any atom is -0.352 e. The quantitative estimate of drug-likeness (QED) is 0.817. The number of hydrogen-bond donors (Lipinski definition) is 2. The van der Waals surface area contributed by atoms with E-state index in [1.54, 1.807) is 24.3 Å². The Morgan fingerprint density at radius 2 is 2.40 bits per heavy atom. The molecule has 1 aromatic heterocycles. The van der Waals surface area contributed by atoms with Crippen LogP contribution >= 0.6 is 12.4 Å². The summed E-state index contributed by atoms with van der Waals surface area (Å²) in [6.45, 7) is 1.85. The largest absolute Gasteiger partial charge is 0.352 e. The number of aromatic nitrogens is 1. The van der Waals surface area contributed by atoms with Crippen molar-refractivity contribution in [3.05, 3.63) is 30.1 Å². The average molecular weight is 299 g/mol. The monoisotopic (exact) mass is 298 g/mol. The van der Waals surface area contributed by atoms with E-state index in [1.165, 1.54) is 0 Å². The first-order valence-corrected chi connectivity index (χ1v) is 6.31. The number of halogens is 1. The average Bonchev–Trinajstić information content (AvgIpc) is 2.43. The Bertz CT molecular complexity index is 455. The molecule has 1 unspecified atom stereocenters. The summed E-state index contributed by atoms with van der Waals surface area (Å²) in [5.74, 6) is -0.159. The molecule has 6 nitrogen and oxygen atoms in total. The molecule has 2 amide bonds. The summed E-state index contributed by atoms with van der Waals surface area (Å²) in [6.07, 6.45) is 3.56. The van der Waals surface area contributed by atoms with Gasteiger partial charge in [-0.1, -0.05) is 6.07 Å². The van der Waals surface area contributed by atoms with Crippen molar-refractivity contribution in [2.75, 3.05) is 20.1 Å². The highest BCUT2D eigenvalue weighted by Gasteiger charge is 2.27. The zero-order valence-electron chi connectivity index (χ0n) is 11.3. The van der Waals surface area contributed by atoms with Crippen LogP contribution in [0.2, 0.25) is 0 Å². The Morgan fingerprint density at radius 1 is 1.60 bits per heavy atom. The van der Waals surface area contributed by atoms with E-state index in [0.29, 0.717) is 13.1 Å². The molecule has 0 radical (unpaired) electrons. The maximum atomic E-state index is 11.8. The number of nitrogens with zero attached hydrogens (tertiary/aromatic N) is 2. The maximum absolute atomic E-state index is 11.8. The van der Waals surface area contributed by atoms with Gasteiger partial charge in [0.15, 0.2) is 0 Å². The van der Waals surface area contributed by atoms with E-state index < -0.39 is 6.04 Å². The van der Waals surface area contributed by atoms with Crippen LogP contribution in [0.4, 0.5) is 0 Å². The lowest BCUT2D eigenvalue weighted by molar-refractivity contribution is -0.136. The highest BCUT2D eigenvalue weighted by molar-refractivity contribution is 5.88. The van der Waals surface area contributed by atoms with Crippen molar-refractivity contribution >= 4 is 24.2 Å². The van der Waals surface area contributed by atoms with E-state index in [2.05, 4.69) is 15.6 Å². The number of piperazine rings is 1. The van der Waals surface area contributed by atoms with Crippen molar-refractivity contribution in [3.8, 4) is 0 Å². The highest BCUT2D eigenvalue weighted by Crippen LogP contribution is 2.03. The molecule has 0 aromatic carbocycles. The zero-order valence-corrected chi connectivity index (χ0v) is 12.2. The van der Waals surface area contributed by atoms with Gasteiger partial charge in [0.2, 0.25) is 11.8 Å². The second-order valence-electron chi connectivity index (χ2n) is 4.61. The molecular weight excluding hydrogens is 280 g/mol. The van der Waals surface area contributed by atoms with Gasteiger partial charge in [0.1, 0.15) is 0 Å². The molecule has 2 heterocycles. The molecule has 0 spiro atoms. The van der Waals surface area contributed by atoms with Gasteiger partial charge < -0.3 is 15.5 Å².